The summed E-state index contributed by atoms with van der Waals surface area (Å²) in [5.74, 6) is -0.653. The molecule has 1 saturated heterocycles. The zero-order valence-electron chi connectivity index (χ0n) is 20.9. The number of halogens is 3. The number of nitrogens with zero attached hydrogens (tertiary/aromatic N) is 1. The maximum atomic E-state index is 14.2. The van der Waals surface area contributed by atoms with Gasteiger partial charge in [-0.2, -0.15) is 13.2 Å². The molecule has 1 atom stereocenters. The van der Waals surface area contributed by atoms with Crippen LogP contribution in [0.4, 0.5) is 13.2 Å². The van der Waals surface area contributed by atoms with Gasteiger partial charge in [0.05, 0.1) is 12.7 Å². The summed E-state index contributed by atoms with van der Waals surface area (Å²) in [4.78, 5) is 13.4. The minimum Gasteiger partial charge on any atom is -0.496 e. The second-order valence-electron chi connectivity index (χ2n) is 9.29. The third-order valence-corrected chi connectivity index (χ3v) is 6.93. The topological polar surface area (TPSA) is 49.8 Å². The van der Waals surface area contributed by atoms with E-state index in [1.807, 2.05) is 55.5 Å². The van der Waals surface area contributed by atoms with Gasteiger partial charge >= 0.3 is 12.1 Å². The van der Waals surface area contributed by atoms with Crippen LogP contribution < -0.4 is 4.74 Å². The standard InChI is InChI=1S/C30H30F3NO3/c1-20-21(11-8-12-25(20)22-9-4-3-5-10-22)14-15-23-18-28(37-2)24(17-26(23)30(31,32)33)19-34-16-7-6-13-27(34)29(35)36/h3-5,8-12,14-15,17-18,27H,6-7,13,16,19H2,1-2H3,(H,35,36)/b15-14+/t27-/m1/s1. The van der Waals surface area contributed by atoms with Crippen LogP contribution in [0.15, 0.2) is 60.7 Å². The van der Waals surface area contributed by atoms with E-state index in [4.69, 9.17) is 4.74 Å². The van der Waals surface area contributed by atoms with Crippen molar-refractivity contribution in [3.63, 3.8) is 0 Å². The molecule has 0 amide bonds. The number of carbonyl (C=O) groups is 1. The number of hydrogen-bond acceptors (Lipinski definition) is 3. The zero-order chi connectivity index (χ0) is 26.6. The molecule has 1 N–H and O–H groups in total. The Morgan fingerprint density at radius 3 is 2.46 bits per heavy atom. The lowest BCUT2D eigenvalue weighted by molar-refractivity contribution is -0.145. The van der Waals surface area contributed by atoms with E-state index < -0.39 is 23.8 Å². The van der Waals surface area contributed by atoms with Crippen LogP contribution in [0.5, 0.6) is 5.75 Å². The zero-order valence-corrected chi connectivity index (χ0v) is 20.9. The van der Waals surface area contributed by atoms with Crippen LogP contribution in [0.3, 0.4) is 0 Å². The summed E-state index contributed by atoms with van der Waals surface area (Å²) in [5, 5.41) is 9.57. The van der Waals surface area contributed by atoms with Crippen LogP contribution in [0.2, 0.25) is 0 Å². The van der Waals surface area contributed by atoms with Crippen molar-refractivity contribution in [3.05, 3.63) is 88.5 Å². The number of piperidine rings is 1. The van der Waals surface area contributed by atoms with E-state index in [0.29, 0.717) is 24.3 Å². The smallest absolute Gasteiger partial charge is 0.417 e. The maximum absolute atomic E-state index is 14.2. The average Bonchev–Trinajstić information content (AvgIpc) is 2.88. The van der Waals surface area contributed by atoms with Crippen molar-refractivity contribution >= 4 is 18.1 Å². The molecule has 1 fully saturated rings. The number of alkyl halides is 3. The van der Waals surface area contributed by atoms with E-state index in [0.717, 1.165) is 41.2 Å². The minimum atomic E-state index is -4.59. The summed E-state index contributed by atoms with van der Waals surface area (Å²) in [6.45, 7) is 2.54. The predicted molar refractivity (Wildman–Crippen MR) is 139 cm³/mol. The van der Waals surface area contributed by atoms with Gasteiger partial charge in [-0.1, -0.05) is 67.1 Å². The fourth-order valence-corrected chi connectivity index (χ4v) is 4.96. The maximum Gasteiger partial charge on any atom is 0.417 e. The minimum absolute atomic E-state index is 0.00829. The first-order valence-electron chi connectivity index (χ1n) is 12.3. The van der Waals surface area contributed by atoms with Crippen molar-refractivity contribution in [1.82, 2.24) is 4.90 Å². The molecular formula is C30H30F3NO3. The van der Waals surface area contributed by atoms with Crippen molar-refractivity contribution in [2.24, 2.45) is 0 Å². The Bertz CT molecular complexity index is 1290. The molecule has 1 aliphatic rings. The Morgan fingerprint density at radius 1 is 1.05 bits per heavy atom. The summed E-state index contributed by atoms with van der Waals surface area (Å²) in [6, 6.07) is 17.4. The molecule has 7 heteroatoms. The molecule has 37 heavy (non-hydrogen) atoms. The average molecular weight is 510 g/mol. The second-order valence-corrected chi connectivity index (χ2v) is 9.29. The van der Waals surface area contributed by atoms with Crippen LogP contribution in [-0.4, -0.2) is 35.7 Å². The first-order chi connectivity index (χ1) is 17.7. The van der Waals surface area contributed by atoms with Crippen LogP contribution in [0.25, 0.3) is 23.3 Å². The van der Waals surface area contributed by atoms with Gasteiger partial charge in [0.2, 0.25) is 0 Å². The highest BCUT2D eigenvalue weighted by atomic mass is 19.4. The Morgan fingerprint density at radius 2 is 1.78 bits per heavy atom. The molecule has 0 aromatic heterocycles. The lowest BCUT2D eigenvalue weighted by Gasteiger charge is -2.33. The van der Waals surface area contributed by atoms with Crippen molar-refractivity contribution in [2.45, 2.75) is 44.9 Å². The van der Waals surface area contributed by atoms with E-state index in [1.165, 1.54) is 19.3 Å². The summed E-state index contributed by atoms with van der Waals surface area (Å²) >= 11 is 0. The van der Waals surface area contributed by atoms with Gasteiger partial charge in [-0.05, 0) is 66.3 Å². The molecule has 0 radical (unpaired) electrons. The van der Waals surface area contributed by atoms with Crippen molar-refractivity contribution in [2.75, 3.05) is 13.7 Å². The highest BCUT2D eigenvalue weighted by Crippen LogP contribution is 2.38. The van der Waals surface area contributed by atoms with Crippen LogP contribution in [0.1, 0.15) is 47.1 Å². The number of benzene rings is 3. The molecule has 1 heterocycles. The molecular weight excluding hydrogens is 479 g/mol. The van der Waals surface area contributed by atoms with E-state index in [2.05, 4.69) is 0 Å². The number of carboxylic acids is 1. The Balaban J connectivity index is 1.71. The highest BCUT2D eigenvalue weighted by molar-refractivity contribution is 5.78. The fourth-order valence-electron chi connectivity index (χ4n) is 4.96. The molecule has 194 valence electrons. The van der Waals surface area contributed by atoms with E-state index in [-0.39, 0.29) is 12.1 Å². The predicted octanol–water partition coefficient (Wildman–Crippen LogP) is 7.30. The number of methoxy groups -OCH3 is 1. The Hall–Kier alpha value is -3.58. The third kappa shape index (κ3) is 6.05. The fraction of sp³-hybridized carbons (Fsp3) is 0.300. The van der Waals surface area contributed by atoms with Gasteiger partial charge in [0.1, 0.15) is 11.8 Å². The third-order valence-electron chi connectivity index (χ3n) is 6.93. The normalized spacial score (nSPS) is 16.7. The van der Waals surface area contributed by atoms with Crippen LogP contribution >= 0.6 is 0 Å². The van der Waals surface area contributed by atoms with Gasteiger partial charge in [0.15, 0.2) is 0 Å². The van der Waals surface area contributed by atoms with Crippen LogP contribution in [0, 0.1) is 6.92 Å². The summed E-state index contributed by atoms with van der Waals surface area (Å²) < 4.78 is 47.9. The van der Waals surface area contributed by atoms with Gasteiger partial charge < -0.3 is 9.84 Å². The van der Waals surface area contributed by atoms with Gasteiger partial charge in [-0.25, -0.2) is 0 Å². The van der Waals surface area contributed by atoms with E-state index in [9.17, 15) is 23.1 Å². The van der Waals surface area contributed by atoms with Crippen LogP contribution in [-0.2, 0) is 17.5 Å². The SMILES string of the molecule is COc1cc(/C=C/c2cccc(-c3ccccc3)c2C)c(C(F)(F)F)cc1CN1CCCC[C@@H]1C(=O)O. The highest BCUT2D eigenvalue weighted by Gasteiger charge is 2.35. The van der Waals surface area contributed by atoms with Crippen molar-refractivity contribution in [1.29, 1.82) is 0 Å². The molecule has 0 bridgehead atoms. The van der Waals surface area contributed by atoms with E-state index >= 15 is 0 Å². The first kappa shape index (κ1) is 26.5. The summed E-state index contributed by atoms with van der Waals surface area (Å²) in [6.07, 6.45) is 0.638. The number of likely N-dealkylation sites (tertiary alicyclic amines) is 1. The molecule has 1 aliphatic heterocycles. The van der Waals surface area contributed by atoms with E-state index in [1.54, 1.807) is 11.0 Å². The molecule has 3 aromatic carbocycles. The molecule has 0 saturated carbocycles. The van der Waals surface area contributed by atoms with Gasteiger partial charge in [-0.15, -0.1) is 0 Å². The quantitative estimate of drug-likeness (QED) is 0.340. The number of aliphatic carboxylic acids is 1. The van der Waals surface area contributed by atoms with Crippen molar-refractivity contribution < 1.29 is 27.8 Å². The van der Waals surface area contributed by atoms with Crippen molar-refractivity contribution in [3.8, 4) is 16.9 Å². The number of ether oxygens (including phenoxy) is 1. The molecule has 3 aromatic rings. The van der Waals surface area contributed by atoms with Gasteiger partial charge in [0.25, 0.3) is 0 Å². The second kappa shape index (κ2) is 11.2. The Kier molecular flexibility index (Phi) is 8.03. The summed E-state index contributed by atoms with van der Waals surface area (Å²) in [7, 11) is 1.41. The molecule has 4 rings (SSSR count). The van der Waals surface area contributed by atoms with Gasteiger partial charge in [-0.3, -0.25) is 9.69 Å². The number of carboxylic acid groups (broad SMARTS) is 1. The largest absolute Gasteiger partial charge is 0.496 e. The molecule has 0 unspecified atom stereocenters. The lowest BCUT2D eigenvalue weighted by Crippen LogP contribution is -2.44. The summed E-state index contributed by atoms with van der Waals surface area (Å²) in [5.41, 5.74) is 3.37. The lowest BCUT2D eigenvalue weighted by atomic mass is 9.95. The number of rotatable bonds is 7. The first-order valence-corrected chi connectivity index (χ1v) is 12.3. The molecule has 4 nitrogen and oxygen atoms in total. The molecule has 0 aliphatic carbocycles. The number of hydrogen-bond donors (Lipinski definition) is 1. The monoisotopic (exact) mass is 509 g/mol. The molecule has 0 spiro atoms. The van der Waals surface area contributed by atoms with Gasteiger partial charge in [0, 0.05) is 12.1 Å². The Labute approximate surface area is 215 Å².